The fraction of sp³-hybridized carbons (Fsp3) is 0.269. The van der Waals surface area contributed by atoms with Gasteiger partial charge in [0, 0.05) is 18.3 Å². The van der Waals surface area contributed by atoms with E-state index in [1.807, 2.05) is 21.1 Å². The number of aromatic nitrogens is 3. The lowest BCUT2D eigenvalue weighted by atomic mass is 10.1. The van der Waals surface area contributed by atoms with Gasteiger partial charge in [0.15, 0.2) is 0 Å². The van der Waals surface area contributed by atoms with E-state index in [1.165, 1.54) is 17.4 Å². The van der Waals surface area contributed by atoms with E-state index >= 15 is 0 Å². The standard InChI is InChI=1S/C26H28ClF2N6O2S2/c1-15(2)14-31-25-30-12-11-20(32-25)24-23(33-26(38-24)35(3,4)5)17-7-6-8-19(22(17)27)34-39(36,37)21-13-16(28)9-10-18(21)29/h6-13,15,34H,14H2,1-5H3,(H,30,31,32)/q+1. The van der Waals surface area contributed by atoms with Crippen LogP contribution in [0.1, 0.15) is 13.8 Å². The van der Waals surface area contributed by atoms with Crippen LogP contribution in [-0.4, -0.2) is 51.1 Å². The molecule has 0 bridgehead atoms. The smallest absolute Gasteiger partial charge is 0.286 e. The van der Waals surface area contributed by atoms with Crippen LogP contribution in [0.3, 0.4) is 0 Å². The molecule has 0 aliphatic carbocycles. The van der Waals surface area contributed by atoms with Crippen molar-refractivity contribution in [3.8, 4) is 21.8 Å². The third kappa shape index (κ3) is 6.52. The summed E-state index contributed by atoms with van der Waals surface area (Å²) >= 11 is 8.16. The van der Waals surface area contributed by atoms with Gasteiger partial charge in [0.05, 0.1) is 48.1 Å². The Labute approximate surface area is 235 Å². The summed E-state index contributed by atoms with van der Waals surface area (Å²) in [5.41, 5.74) is 1.55. The average molecular weight is 594 g/mol. The van der Waals surface area contributed by atoms with Gasteiger partial charge in [0.2, 0.25) is 5.95 Å². The fourth-order valence-electron chi connectivity index (χ4n) is 3.49. The van der Waals surface area contributed by atoms with E-state index in [2.05, 4.69) is 33.9 Å². The third-order valence-electron chi connectivity index (χ3n) is 5.43. The van der Waals surface area contributed by atoms with E-state index in [-0.39, 0.29) is 10.7 Å². The van der Waals surface area contributed by atoms with Crippen LogP contribution in [0.25, 0.3) is 21.8 Å². The van der Waals surface area contributed by atoms with Crippen molar-refractivity contribution in [2.75, 3.05) is 37.7 Å². The maximum Gasteiger partial charge on any atom is 0.286 e. The maximum absolute atomic E-state index is 14.3. The summed E-state index contributed by atoms with van der Waals surface area (Å²) in [6, 6.07) is 8.72. The molecule has 2 N–H and O–H groups in total. The molecule has 206 valence electrons. The molecule has 0 amide bonds. The Kier molecular flexibility index (Phi) is 8.22. The van der Waals surface area contributed by atoms with Gasteiger partial charge < -0.3 is 5.32 Å². The van der Waals surface area contributed by atoms with Crippen molar-refractivity contribution in [3.05, 3.63) is 65.3 Å². The molecule has 39 heavy (non-hydrogen) atoms. The lowest BCUT2D eigenvalue weighted by molar-refractivity contribution is 0.484. The largest absolute Gasteiger partial charge is 0.354 e. The quantitative estimate of drug-likeness (QED) is 0.222. The van der Waals surface area contributed by atoms with E-state index in [9.17, 15) is 17.2 Å². The Bertz CT molecular complexity index is 1620. The van der Waals surface area contributed by atoms with Gasteiger partial charge in [-0.2, -0.15) is 4.98 Å². The van der Waals surface area contributed by atoms with Crippen molar-refractivity contribution in [1.82, 2.24) is 19.4 Å². The molecule has 4 aromatic rings. The number of thiazole rings is 1. The first kappa shape index (κ1) is 28.8. The van der Waals surface area contributed by atoms with Crippen LogP contribution in [0, 0.1) is 17.6 Å². The zero-order valence-corrected chi connectivity index (χ0v) is 24.3. The minimum atomic E-state index is -4.49. The molecular formula is C26H28ClF2N6O2S2+. The number of nitrogens with one attached hydrogen (secondary N) is 2. The summed E-state index contributed by atoms with van der Waals surface area (Å²) in [7, 11) is 1.44. The minimum absolute atomic E-state index is 0.00875. The molecule has 13 heteroatoms. The highest BCUT2D eigenvalue weighted by molar-refractivity contribution is 7.92. The minimum Gasteiger partial charge on any atom is -0.354 e. The summed E-state index contributed by atoms with van der Waals surface area (Å²) in [6.07, 6.45) is 1.65. The molecule has 0 fully saturated rings. The lowest BCUT2D eigenvalue weighted by Gasteiger charge is -2.18. The molecule has 0 aliphatic heterocycles. The highest BCUT2D eigenvalue weighted by atomic mass is 35.5. The first-order valence-corrected chi connectivity index (χ1v) is 14.6. The molecule has 8 nitrogen and oxygen atoms in total. The number of benzene rings is 2. The molecule has 2 aromatic heterocycles. The van der Waals surface area contributed by atoms with Crippen molar-refractivity contribution in [2.45, 2.75) is 18.7 Å². The molecule has 0 unspecified atom stereocenters. The van der Waals surface area contributed by atoms with E-state index in [0.717, 1.165) is 17.3 Å². The monoisotopic (exact) mass is 593 g/mol. The summed E-state index contributed by atoms with van der Waals surface area (Å²) in [5.74, 6) is -1.11. The van der Waals surface area contributed by atoms with Crippen molar-refractivity contribution in [2.24, 2.45) is 5.92 Å². The molecule has 0 aliphatic rings. The van der Waals surface area contributed by atoms with E-state index in [4.69, 9.17) is 16.6 Å². The van der Waals surface area contributed by atoms with Crippen LogP contribution in [-0.2, 0) is 10.0 Å². The number of rotatable bonds is 9. The van der Waals surface area contributed by atoms with Gasteiger partial charge in [-0.1, -0.05) is 48.9 Å². The first-order valence-electron chi connectivity index (χ1n) is 11.9. The van der Waals surface area contributed by atoms with Gasteiger partial charge in [0.25, 0.3) is 15.2 Å². The predicted octanol–water partition coefficient (Wildman–Crippen LogP) is 6.26. The van der Waals surface area contributed by atoms with E-state index in [0.29, 0.717) is 50.8 Å². The molecular weight excluding hydrogens is 566 g/mol. The van der Waals surface area contributed by atoms with Crippen molar-refractivity contribution < 1.29 is 17.2 Å². The second-order valence-corrected chi connectivity index (χ2v) is 13.1. The van der Waals surface area contributed by atoms with Gasteiger partial charge in [-0.3, -0.25) is 9.21 Å². The van der Waals surface area contributed by atoms with Crippen LogP contribution in [0.15, 0.2) is 53.6 Å². The summed E-state index contributed by atoms with van der Waals surface area (Å²) in [6.45, 7) is 4.86. The Morgan fingerprint density at radius 1 is 1.08 bits per heavy atom. The zero-order chi connectivity index (χ0) is 28.5. The summed E-state index contributed by atoms with van der Waals surface area (Å²) < 4.78 is 56.5. The molecule has 0 saturated carbocycles. The van der Waals surface area contributed by atoms with Crippen LogP contribution >= 0.6 is 22.9 Å². The highest BCUT2D eigenvalue weighted by Crippen LogP contribution is 2.44. The van der Waals surface area contributed by atoms with Crippen LogP contribution < -0.4 is 14.5 Å². The van der Waals surface area contributed by atoms with Gasteiger partial charge in [-0.15, -0.1) is 0 Å². The predicted molar refractivity (Wildman–Crippen MR) is 154 cm³/mol. The highest BCUT2D eigenvalue weighted by Gasteiger charge is 2.27. The van der Waals surface area contributed by atoms with Gasteiger partial charge in [0.1, 0.15) is 16.5 Å². The van der Waals surface area contributed by atoms with Gasteiger partial charge in [-0.25, -0.2) is 27.2 Å². The van der Waals surface area contributed by atoms with Crippen LogP contribution in [0.2, 0.25) is 5.02 Å². The average Bonchev–Trinajstić information content (AvgIpc) is 3.31. The number of halogens is 3. The molecule has 0 saturated heterocycles. The zero-order valence-electron chi connectivity index (χ0n) is 22.0. The fourth-order valence-corrected chi connectivity index (χ4v) is 6.04. The molecule has 0 spiro atoms. The van der Waals surface area contributed by atoms with Gasteiger partial charge >= 0.3 is 0 Å². The number of anilines is 2. The van der Waals surface area contributed by atoms with E-state index < -0.39 is 26.6 Å². The molecule has 0 radical (unpaired) electrons. The number of hydrogen-bond acceptors (Lipinski definition) is 7. The second kappa shape index (κ2) is 11.1. The van der Waals surface area contributed by atoms with Gasteiger partial charge in [-0.05, 0) is 36.2 Å². The number of hydrogen-bond donors (Lipinski definition) is 2. The first-order chi connectivity index (χ1) is 18.3. The summed E-state index contributed by atoms with van der Waals surface area (Å²) in [5, 5.41) is 4.03. The topological polar surface area (TPSA) is 96.9 Å². The third-order valence-corrected chi connectivity index (χ3v) is 8.64. The van der Waals surface area contributed by atoms with Crippen molar-refractivity contribution >= 4 is 49.7 Å². The van der Waals surface area contributed by atoms with E-state index in [1.54, 1.807) is 24.4 Å². The normalized spacial score (nSPS) is 12.1. The molecule has 2 heterocycles. The van der Waals surface area contributed by atoms with Crippen LogP contribution in [0.4, 0.5) is 25.5 Å². The number of quaternary nitrogens is 1. The maximum atomic E-state index is 14.3. The number of sulfonamides is 1. The summed E-state index contributed by atoms with van der Waals surface area (Å²) in [4.78, 5) is 13.7. The SMILES string of the molecule is CC(C)CNc1nccc(-c2sc([N+](C)(C)C)nc2-c2cccc(NS(=O)(=O)c3cc(F)ccc3F)c2Cl)n1. The molecule has 4 rings (SSSR count). The molecule has 0 atom stereocenters. The Morgan fingerprint density at radius 2 is 1.82 bits per heavy atom. The number of nitrogens with zero attached hydrogens (tertiary/aromatic N) is 4. The van der Waals surface area contributed by atoms with Crippen molar-refractivity contribution in [1.29, 1.82) is 0 Å². The van der Waals surface area contributed by atoms with Crippen molar-refractivity contribution in [3.63, 3.8) is 0 Å². The second-order valence-electron chi connectivity index (χ2n) is 10.1. The Balaban J connectivity index is 1.81. The Morgan fingerprint density at radius 3 is 2.51 bits per heavy atom. The Hall–Kier alpha value is -3.19. The molecule has 2 aromatic carbocycles. The van der Waals surface area contributed by atoms with Crippen LogP contribution in [0.5, 0.6) is 0 Å². The lowest BCUT2D eigenvalue weighted by Crippen LogP contribution is -2.34.